The number of ether oxygens (including phenoxy) is 3. The lowest BCUT2D eigenvalue weighted by Gasteiger charge is -2.46. The molecule has 9 nitrogen and oxygen atoms in total. The fourth-order valence-corrected chi connectivity index (χ4v) is 7.65. The molecule has 1 atom stereocenters. The number of carbonyl (C=O) groups is 1. The summed E-state index contributed by atoms with van der Waals surface area (Å²) in [6.45, 7) is 2.97. The van der Waals surface area contributed by atoms with Gasteiger partial charge in [-0.3, -0.25) is 4.79 Å². The van der Waals surface area contributed by atoms with Crippen molar-refractivity contribution in [2.75, 3.05) is 33.5 Å². The summed E-state index contributed by atoms with van der Waals surface area (Å²) in [7, 11) is -2.44. The lowest BCUT2D eigenvalue weighted by Crippen LogP contribution is -2.49. The number of aromatic nitrogens is 1. The van der Waals surface area contributed by atoms with Gasteiger partial charge in [-0.15, -0.1) is 0 Å². The first kappa shape index (κ1) is 24.3. The van der Waals surface area contributed by atoms with Crippen molar-refractivity contribution in [2.24, 2.45) is 5.41 Å². The van der Waals surface area contributed by atoms with E-state index in [9.17, 15) is 23.1 Å². The second-order valence-corrected chi connectivity index (χ2v) is 12.0. The van der Waals surface area contributed by atoms with Gasteiger partial charge in [0.05, 0.1) is 35.4 Å². The molecule has 35 heavy (non-hydrogen) atoms. The van der Waals surface area contributed by atoms with Gasteiger partial charge >= 0.3 is 5.97 Å². The van der Waals surface area contributed by atoms with Crippen molar-refractivity contribution in [2.45, 2.75) is 42.4 Å². The van der Waals surface area contributed by atoms with Crippen molar-refractivity contribution in [3.63, 3.8) is 0 Å². The van der Waals surface area contributed by atoms with E-state index in [4.69, 9.17) is 25.8 Å². The van der Waals surface area contributed by atoms with Crippen LogP contribution < -0.4 is 10.3 Å². The minimum absolute atomic E-state index is 0.0196. The van der Waals surface area contributed by atoms with Crippen molar-refractivity contribution in [1.29, 1.82) is 0 Å². The minimum atomic E-state index is -4.02. The number of sulfone groups is 1. The number of halogens is 1. The van der Waals surface area contributed by atoms with Crippen LogP contribution in [0, 0.1) is 5.41 Å². The zero-order valence-electron chi connectivity index (χ0n) is 19.4. The number of nitrogens with zero attached hydrogens (tertiary/aromatic N) is 1. The SMILES string of the molecule is COCCCOc1cc2c(cc1Cl)-c1c(cc(C(=O)O)c(=O)n1C1CC1)C(C1(C)COC1)S2(=O)=O. The maximum Gasteiger partial charge on any atom is 0.341 e. The van der Waals surface area contributed by atoms with Crippen LogP contribution in [0.25, 0.3) is 11.3 Å². The third-order valence-electron chi connectivity index (χ3n) is 6.84. The van der Waals surface area contributed by atoms with E-state index in [1.165, 1.54) is 22.8 Å². The Morgan fingerprint density at radius 2 is 1.97 bits per heavy atom. The predicted molar refractivity (Wildman–Crippen MR) is 127 cm³/mol. The quantitative estimate of drug-likeness (QED) is 0.522. The molecule has 3 aliphatic rings. The average Bonchev–Trinajstić information content (AvgIpc) is 3.61. The van der Waals surface area contributed by atoms with E-state index in [1.54, 1.807) is 14.0 Å². The molecule has 1 aromatic carbocycles. The number of methoxy groups -OCH3 is 1. The van der Waals surface area contributed by atoms with E-state index in [-0.39, 0.29) is 47.1 Å². The molecule has 2 aliphatic heterocycles. The Balaban J connectivity index is 1.79. The van der Waals surface area contributed by atoms with Crippen LogP contribution in [0.2, 0.25) is 5.02 Å². The van der Waals surface area contributed by atoms with E-state index < -0.39 is 37.6 Å². The van der Waals surface area contributed by atoms with Gasteiger partial charge < -0.3 is 23.9 Å². The first-order valence-electron chi connectivity index (χ1n) is 11.4. The molecule has 11 heteroatoms. The predicted octanol–water partition coefficient (Wildman–Crippen LogP) is 3.48. The second kappa shape index (κ2) is 8.62. The largest absolute Gasteiger partial charge is 0.492 e. The van der Waals surface area contributed by atoms with Crippen molar-refractivity contribution >= 4 is 27.4 Å². The van der Waals surface area contributed by atoms with E-state index in [0.717, 1.165) is 0 Å². The number of hydrogen-bond acceptors (Lipinski definition) is 7. The highest BCUT2D eigenvalue weighted by Crippen LogP contribution is 2.56. The summed E-state index contributed by atoms with van der Waals surface area (Å²) in [6, 6.07) is 3.97. The standard InChI is InChI=1S/C24H26ClNO8S/c1-24(11-33-12-24)21-15-8-16(23(28)29)22(27)26(13-4-5-13)20(15)14-9-17(25)18(34-7-3-6-32-2)10-19(14)35(21,30)31/h8-10,13,21H,3-7,11-12H2,1-2H3,(H,28,29). The Labute approximate surface area is 207 Å². The van der Waals surface area contributed by atoms with Gasteiger partial charge in [0.2, 0.25) is 0 Å². The minimum Gasteiger partial charge on any atom is -0.492 e. The van der Waals surface area contributed by atoms with Gasteiger partial charge in [-0.25, -0.2) is 13.2 Å². The van der Waals surface area contributed by atoms with E-state index in [1.807, 2.05) is 0 Å². The number of aromatic carboxylic acids is 1. The highest BCUT2D eigenvalue weighted by molar-refractivity contribution is 7.92. The van der Waals surface area contributed by atoms with E-state index >= 15 is 0 Å². The fourth-order valence-electron chi connectivity index (χ4n) is 5.05. The number of carboxylic acid groups (broad SMARTS) is 1. The van der Waals surface area contributed by atoms with Crippen LogP contribution in [-0.4, -0.2) is 57.6 Å². The molecule has 0 bridgehead atoms. The Morgan fingerprint density at radius 3 is 2.54 bits per heavy atom. The van der Waals surface area contributed by atoms with Crippen LogP contribution in [0.4, 0.5) is 0 Å². The molecule has 0 amide bonds. The van der Waals surface area contributed by atoms with Crippen molar-refractivity contribution in [3.05, 3.63) is 44.7 Å². The highest BCUT2D eigenvalue weighted by Gasteiger charge is 2.54. The van der Waals surface area contributed by atoms with Gasteiger partial charge in [-0.05, 0) is 30.5 Å². The Hall–Kier alpha value is -2.40. The van der Waals surface area contributed by atoms with Crippen LogP contribution in [0.5, 0.6) is 5.75 Å². The van der Waals surface area contributed by atoms with Crippen LogP contribution in [0.15, 0.2) is 27.9 Å². The van der Waals surface area contributed by atoms with E-state index in [2.05, 4.69) is 0 Å². The molecule has 2 aromatic rings. The number of rotatable bonds is 8. The normalized spacial score (nSPS) is 21.5. The number of carboxylic acids is 1. The van der Waals surface area contributed by atoms with E-state index in [0.29, 0.717) is 37.1 Å². The lowest BCUT2D eigenvalue weighted by atomic mass is 9.79. The van der Waals surface area contributed by atoms with Gasteiger partial charge in [-0.2, -0.15) is 0 Å². The Bertz CT molecular complexity index is 1370. The molecule has 1 aromatic heterocycles. The molecule has 2 fully saturated rings. The van der Waals surface area contributed by atoms with Gasteiger partial charge in [0.15, 0.2) is 9.84 Å². The number of pyridine rings is 1. The van der Waals surface area contributed by atoms with Crippen molar-refractivity contribution < 1.29 is 32.5 Å². The van der Waals surface area contributed by atoms with Gasteiger partial charge in [-0.1, -0.05) is 18.5 Å². The lowest BCUT2D eigenvalue weighted by molar-refractivity contribution is -0.104. The van der Waals surface area contributed by atoms with Crippen molar-refractivity contribution in [1.82, 2.24) is 4.57 Å². The summed E-state index contributed by atoms with van der Waals surface area (Å²) in [4.78, 5) is 25.2. The van der Waals surface area contributed by atoms with Crippen LogP contribution >= 0.6 is 11.6 Å². The highest BCUT2D eigenvalue weighted by atomic mass is 35.5. The maximum absolute atomic E-state index is 14.1. The summed E-state index contributed by atoms with van der Waals surface area (Å²) in [6.07, 6.45) is 2.00. The molecular weight excluding hydrogens is 498 g/mol. The topological polar surface area (TPSA) is 121 Å². The molecule has 1 aliphatic carbocycles. The first-order chi connectivity index (χ1) is 16.6. The smallest absolute Gasteiger partial charge is 0.341 e. The molecule has 1 N–H and O–H groups in total. The third-order valence-corrected chi connectivity index (χ3v) is 9.53. The number of hydrogen-bond donors (Lipinski definition) is 1. The summed E-state index contributed by atoms with van der Waals surface area (Å²) in [5.41, 5.74) is -0.863. The Morgan fingerprint density at radius 1 is 1.26 bits per heavy atom. The number of fused-ring (bicyclic) bond motifs is 3. The molecular formula is C24H26ClNO8S. The summed E-state index contributed by atoms with van der Waals surface area (Å²) >= 11 is 6.51. The van der Waals surface area contributed by atoms with Crippen LogP contribution in [0.3, 0.4) is 0 Å². The zero-order chi connectivity index (χ0) is 25.1. The zero-order valence-corrected chi connectivity index (χ0v) is 20.9. The van der Waals surface area contributed by atoms with Crippen LogP contribution in [0.1, 0.15) is 53.4 Å². The molecule has 1 saturated carbocycles. The average molecular weight is 524 g/mol. The van der Waals surface area contributed by atoms with Crippen LogP contribution in [-0.2, 0) is 19.3 Å². The molecule has 3 heterocycles. The summed E-state index contributed by atoms with van der Waals surface area (Å²) in [5.74, 6) is -1.16. The summed E-state index contributed by atoms with van der Waals surface area (Å²) in [5, 5.41) is 8.87. The maximum atomic E-state index is 14.1. The molecule has 5 rings (SSSR count). The summed E-state index contributed by atoms with van der Waals surface area (Å²) < 4.78 is 45.8. The Kier molecular flexibility index (Phi) is 5.98. The molecule has 0 radical (unpaired) electrons. The number of benzene rings is 1. The van der Waals surface area contributed by atoms with Gasteiger partial charge in [0, 0.05) is 43.2 Å². The molecule has 188 valence electrons. The van der Waals surface area contributed by atoms with Crippen molar-refractivity contribution in [3.8, 4) is 17.0 Å². The van der Waals surface area contributed by atoms with Gasteiger partial charge in [0.25, 0.3) is 5.56 Å². The first-order valence-corrected chi connectivity index (χ1v) is 13.3. The fraction of sp³-hybridized carbons (Fsp3) is 0.500. The molecule has 0 spiro atoms. The monoisotopic (exact) mass is 523 g/mol. The molecule has 1 unspecified atom stereocenters. The molecule has 1 saturated heterocycles. The third kappa shape index (κ3) is 3.87. The van der Waals surface area contributed by atoms with Gasteiger partial charge in [0.1, 0.15) is 16.6 Å². The second-order valence-electron chi connectivity index (χ2n) is 9.62.